The highest BCUT2D eigenvalue weighted by atomic mass is 35.5. The van der Waals surface area contributed by atoms with E-state index in [1.54, 1.807) is 24.4 Å². The molecule has 1 amide bonds. The summed E-state index contributed by atoms with van der Waals surface area (Å²) >= 11 is 5.76. The van der Waals surface area contributed by atoms with Crippen molar-refractivity contribution < 1.29 is 9.18 Å². The molecule has 0 aliphatic carbocycles. The number of aromatic nitrogens is 1. The van der Waals surface area contributed by atoms with Gasteiger partial charge in [-0.15, -0.1) is 0 Å². The Hall–Kier alpha value is -2.14. The second kappa shape index (κ2) is 7.18. The number of nitrogens with zero attached hydrogens (tertiary/aromatic N) is 2. The van der Waals surface area contributed by atoms with Gasteiger partial charge in [0.1, 0.15) is 11.5 Å². The van der Waals surface area contributed by atoms with Gasteiger partial charge < -0.3 is 10.2 Å². The van der Waals surface area contributed by atoms with Gasteiger partial charge in [-0.2, -0.15) is 0 Å². The van der Waals surface area contributed by atoms with Gasteiger partial charge in [0.05, 0.1) is 16.9 Å². The number of anilines is 2. The minimum atomic E-state index is -0.461. The Balaban J connectivity index is 1.68. The zero-order valence-corrected chi connectivity index (χ0v) is 14.2. The number of benzene rings is 1. The fourth-order valence-corrected chi connectivity index (χ4v) is 3.05. The molecule has 3 rings (SSSR count). The van der Waals surface area contributed by atoms with Crippen molar-refractivity contribution in [3.05, 3.63) is 53.1 Å². The number of likely N-dealkylation sites (tertiary alicyclic amines) is 1. The molecule has 0 spiro atoms. The van der Waals surface area contributed by atoms with E-state index >= 15 is 0 Å². The van der Waals surface area contributed by atoms with E-state index in [4.69, 9.17) is 11.6 Å². The van der Waals surface area contributed by atoms with Crippen molar-refractivity contribution in [1.29, 1.82) is 0 Å². The van der Waals surface area contributed by atoms with E-state index < -0.39 is 5.82 Å². The van der Waals surface area contributed by atoms with Crippen LogP contribution in [0.3, 0.4) is 0 Å². The number of carbonyl (C=O) groups excluding carboxylic acids is 1. The zero-order valence-electron chi connectivity index (χ0n) is 13.4. The number of piperidine rings is 1. The predicted octanol–water partition coefficient (Wildman–Crippen LogP) is 4.49. The van der Waals surface area contributed by atoms with Crippen LogP contribution in [0.15, 0.2) is 36.5 Å². The van der Waals surface area contributed by atoms with Gasteiger partial charge >= 0.3 is 0 Å². The maximum absolute atomic E-state index is 13.2. The highest BCUT2D eigenvalue weighted by Gasteiger charge is 2.22. The van der Waals surface area contributed by atoms with E-state index in [2.05, 4.69) is 17.2 Å². The Morgan fingerprint density at radius 3 is 2.79 bits per heavy atom. The summed E-state index contributed by atoms with van der Waals surface area (Å²) in [5, 5.41) is 3.14. The molecule has 1 N–H and O–H groups in total. The monoisotopic (exact) mass is 347 g/mol. The Labute approximate surface area is 145 Å². The lowest BCUT2D eigenvalue weighted by Gasteiger charge is -2.30. The summed E-state index contributed by atoms with van der Waals surface area (Å²) in [6.07, 6.45) is 3.80. The molecular formula is C18H19ClFN3O. The SMILES string of the molecule is CC1CCCN(C(=O)c2ccc(Nc3ccc(F)c(Cl)c3)cn2)C1. The van der Waals surface area contributed by atoms with Crippen LogP contribution in [0, 0.1) is 11.7 Å². The molecule has 1 aliphatic heterocycles. The van der Waals surface area contributed by atoms with Gasteiger partial charge in [-0.1, -0.05) is 18.5 Å². The Morgan fingerprint density at radius 1 is 1.33 bits per heavy atom. The van der Waals surface area contributed by atoms with Crippen LogP contribution in [-0.4, -0.2) is 28.9 Å². The molecular weight excluding hydrogens is 329 g/mol. The molecule has 1 saturated heterocycles. The molecule has 6 heteroatoms. The average molecular weight is 348 g/mol. The standard InChI is InChI=1S/C18H19ClFN3O/c1-12-3-2-8-23(11-12)18(24)17-7-5-14(10-21-17)22-13-4-6-16(20)15(19)9-13/h4-7,9-10,12,22H,2-3,8,11H2,1H3. The minimum absolute atomic E-state index is 0.0297. The first-order valence-corrected chi connectivity index (χ1v) is 8.38. The lowest BCUT2D eigenvalue weighted by Crippen LogP contribution is -2.39. The second-order valence-corrected chi connectivity index (χ2v) is 6.59. The number of halogens is 2. The predicted molar refractivity (Wildman–Crippen MR) is 93.2 cm³/mol. The lowest BCUT2D eigenvalue weighted by atomic mass is 10.00. The van der Waals surface area contributed by atoms with Gasteiger partial charge in [0.25, 0.3) is 5.91 Å². The number of rotatable bonds is 3. The highest BCUT2D eigenvalue weighted by Crippen LogP contribution is 2.23. The molecule has 1 fully saturated rings. The largest absolute Gasteiger partial charge is 0.354 e. The van der Waals surface area contributed by atoms with Gasteiger partial charge in [0.15, 0.2) is 0 Å². The molecule has 4 nitrogen and oxygen atoms in total. The van der Waals surface area contributed by atoms with Gasteiger partial charge in [-0.25, -0.2) is 9.37 Å². The summed E-state index contributed by atoms with van der Waals surface area (Å²) in [5.74, 6) is 0.0434. The van der Waals surface area contributed by atoms with Gasteiger partial charge in [-0.05, 0) is 49.1 Å². The Kier molecular flexibility index (Phi) is 5.00. The fraction of sp³-hybridized carbons (Fsp3) is 0.333. The van der Waals surface area contributed by atoms with Crippen LogP contribution in [0.5, 0.6) is 0 Å². The normalized spacial score (nSPS) is 17.6. The van der Waals surface area contributed by atoms with Gasteiger partial charge in [0, 0.05) is 18.8 Å². The van der Waals surface area contributed by atoms with Crippen molar-refractivity contribution in [3.8, 4) is 0 Å². The first kappa shape index (κ1) is 16.7. The topological polar surface area (TPSA) is 45.2 Å². The number of hydrogen-bond donors (Lipinski definition) is 1. The number of amides is 1. The molecule has 1 aromatic carbocycles. The van der Waals surface area contributed by atoms with Crippen molar-refractivity contribution in [2.75, 3.05) is 18.4 Å². The van der Waals surface area contributed by atoms with E-state index in [-0.39, 0.29) is 10.9 Å². The van der Waals surface area contributed by atoms with Crippen molar-refractivity contribution >= 4 is 28.9 Å². The number of carbonyl (C=O) groups is 1. The Morgan fingerprint density at radius 2 is 2.12 bits per heavy atom. The van der Waals surface area contributed by atoms with Crippen molar-refractivity contribution in [2.24, 2.45) is 5.92 Å². The van der Waals surface area contributed by atoms with Crippen LogP contribution in [0.2, 0.25) is 5.02 Å². The molecule has 0 radical (unpaired) electrons. The molecule has 0 bridgehead atoms. The summed E-state index contributed by atoms with van der Waals surface area (Å²) < 4.78 is 13.2. The van der Waals surface area contributed by atoms with Crippen LogP contribution in [0.1, 0.15) is 30.3 Å². The molecule has 2 heterocycles. The van der Waals surface area contributed by atoms with Crippen LogP contribution in [0.4, 0.5) is 15.8 Å². The zero-order chi connectivity index (χ0) is 17.1. The maximum Gasteiger partial charge on any atom is 0.272 e. The Bertz CT molecular complexity index is 736. The molecule has 126 valence electrons. The maximum atomic E-state index is 13.2. The van der Waals surface area contributed by atoms with E-state index in [1.165, 1.54) is 18.6 Å². The van der Waals surface area contributed by atoms with E-state index in [0.717, 1.165) is 19.5 Å². The quantitative estimate of drug-likeness (QED) is 0.889. The molecule has 1 aliphatic rings. The first-order chi connectivity index (χ1) is 11.5. The molecule has 24 heavy (non-hydrogen) atoms. The number of nitrogens with one attached hydrogen (secondary N) is 1. The van der Waals surface area contributed by atoms with E-state index in [9.17, 15) is 9.18 Å². The minimum Gasteiger partial charge on any atom is -0.354 e. The first-order valence-electron chi connectivity index (χ1n) is 8.00. The third-order valence-electron chi connectivity index (χ3n) is 4.14. The van der Waals surface area contributed by atoms with E-state index in [0.29, 0.717) is 23.0 Å². The van der Waals surface area contributed by atoms with E-state index in [1.807, 2.05) is 4.90 Å². The third kappa shape index (κ3) is 3.85. The van der Waals surface area contributed by atoms with Crippen LogP contribution in [0.25, 0.3) is 0 Å². The fourth-order valence-electron chi connectivity index (χ4n) is 2.87. The highest BCUT2D eigenvalue weighted by molar-refractivity contribution is 6.31. The summed E-state index contributed by atoms with van der Waals surface area (Å²) in [4.78, 5) is 18.6. The van der Waals surface area contributed by atoms with Crippen molar-refractivity contribution in [1.82, 2.24) is 9.88 Å². The summed E-state index contributed by atoms with van der Waals surface area (Å²) in [6.45, 7) is 3.74. The summed E-state index contributed by atoms with van der Waals surface area (Å²) in [5.41, 5.74) is 1.81. The van der Waals surface area contributed by atoms with Gasteiger partial charge in [-0.3, -0.25) is 4.79 Å². The van der Waals surface area contributed by atoms with Crippen LogP contribution < -0.4 is 5.32 Å². The van der Waals surface area contributed by atoms with Crippen molar-refractivity contribution in [3.63, 3.8) is 0 Å². The molecule has 2 aromatic rings. The molecule has 0 saturated carbocycles. The van der Waals surface area contributed by atoms with Crippen LogP contribution in [-0.2, 0) is 0 Å². The molecule has 1 atom stereocenters. The summed E-state index contributed by atoms with van der Waals surface area (Å²) in [7, 11) is 0. The van der Waals surface area contributed by atoms with Gasteiger partial charge in [0.2, 0.25) is 0 Å². The molecule has 1 unspecified atom stereocenters. The number of pyridine rings is 1. The van der Waals surface area contributed by atoms with Crippen LogP contribution >= 0.6 is 11.6 Å². The smallest absolute Gasteiger partial charge is 0.272 e. The average Bonchev–Trinajstić information content (AvgIpc) is 2.58. The lowest BCUT2D eigenvalue weighted by molar-refractivity contribution is 0.0677. The van der Waals surface area contributed by atoms with Crippen molar-refractivity contribution in [2.45, 2.75) is 19.8 Å². The summed E-state index contributed by atoms with van der Waals surface area (Å²) in [6, 6.07) is 7.88. The molecule has 1 aromatic heterocycles. The third-order valence-corrected chi connectivity index (χ3v) is 4.42. The second-order valence-electron chi connectivity index (χ2n) is 6.18. The number of hydrogen-bond acceptors (Lipinski definition) is 3.